The first-order valence-corrected chi connectivity index (χ1v) is 12.8. The van der Waals surface area contributed by atoms with Crippen LogP contribution in [0.5, 0.6) is 11.5 Å². The first kappa shape index (κ1) is 45.2. The number of carbonyl (C=O) groups is 3. The van der Waals surface area contributed by atoms with Crippen molar-refractivity contribution in [2.24, 2.45) is 0 Å². The Hall–Kier alpha value is -0.880. The van der Waals surface area contributed by atoms with Gasteiger partial charge in [-0.1, -0.05) is 123 Å². The van der Waals surface area contributed by atoms with E-state index < -0.39 is 52.2 Å². The monoisotopic (exact) mass is 850 g/mol. The average molecular weight is 855 g/mol. The summed E-state index contributed by atoms with van der Waals surface area (Å²) in [5.41, 5.74) is 0. The standard InChI is InChI=1S/C8Cl5F3O2.C6HCl5O.C4F6O3.CH4/c9-1-2(10)4(12)6(5(13)3(1)11)18-7(17)8(14,15)16;7-1-2(8)4(10)6(12)5(11)3(1)9;5-3(6,7)1(11)13-2(12)4(8,9)10;/h;12H;;1H4. The summed E-state index contributed by atoms with van der Waals surface area (Å²) in [6.45, 7) is 0. The van der Waals surface area contributed by atoms with Crippen LogP contribution in [0.25, 0.3) is 0 Å². The fraction of sp³-hybridized carbons (Fsp3) is 0.211. The van der Waals surface area contributed by atoms with Crippen LogP contribution < -0.4 is 4.74 Å². The van der Waals surface area contributed by atoms with Gasteiger partial charge in [0.25, 0.3) is 0 Å². The van der Waals surface area contributed by atoms with Gasteiger partial charge in [0, 0.05) is 0 Å². The molecule has 2 aromatic rings. The molecule has 0 heterocycles. The van der Waals surface area contributed by atoms with E-state index in [1.165, 1.54) is 0 Å². The molecule has 0 saturated heterocycles. The van der Waals surface area contributed by atoms with Gasteiger partial charge in [-0.05, 0) is 0 Å². The Bertz CT molecular complexity index is 1260. The molecular weight excluding hydrogens is 850 g/mol. The summed E-state index contributed by atoms with van der Waals surface area (Å²) < 4.78 is 110. The van der Waals surface area contributed by atoms with Crippen LogP contribution in [0, 0.1) is 0 Å². The molecular formula is C19H5Cl10F9O6. The summed E-state index contributed by atoms with van der Waals surface area (Å²) in [7, 11) is 0. The van der Waals surface area contributed by atoms with Crippen LogP contribution in [0.1, 0.15) is 7.43 Å². The normalized spacial score (nSPS) is 11.2. The number of hydrogen-bond donors (Lipinski definition) is 1. The smallest absolute Gasteiger partial charge is 0.491 e. The van der Waals surface area contributed by atoms with Crippen LogP contribution in [0.15, 0.2) is 0 Å². The van der Waals surface area contributed by atoms with Gasteiger partial charge in [-0.2, -0.15) is 39.5 Å². The van der Waals surface area contributed by atoms with Crippen molar-refractivity contribution in [1.29, 1.82) is 0 Å². The minimum absolute atomic E-state index is 0. The molecule has 2 rings (SSSR count). The highest BCUT2D eigenvalue weighted by Gasteiger charge is 2.49. The molecule has 0 spiro atoms. The third-order valence-corrected chi connectivity index (χ3v) is 7.93. The van der Waals surface area contributed by atoms with Crippen LogP contribution in [0.3, 0.4) is 0 Å². The van der Waals surface area contributed by atoms with E-state index in [2.05, 4.69) is 9.47 Å². The lowest BCUT2D eigenvalue weighted by Gasteiger charge is -2.13. The summed E-state index contributed by atoms with van der Waals surface area (Å²) in [6.07, 6.45) is -16.5. The SMILES string of the molecule is C.O=C(OC(=O)C(F)(F)F)C(F)(F)F.O=C(Oc1c(Cl)c(Cl)c(Cl)c(Cl)c1Cl)C(F)(F)F.Oc1c(Cl)c(Cl)c(Cl)c(Cl)c1Cl. The molecule has 44 heavy (non-hydrogen) atoms. The van der Waals surface area contributed by atoms with Crippen LogP contribution in [-0.2, 0) is 19.1 Å². The molecule has 0 aliphatic heterocycles. The number of esters is 3. The van der Waals surface area contributed by atoms with Gasteiger partial charge in [0.05, 0.1) is 30.1 Å². The number of phenolic OH excluding ortho intramolecular Hbond substituents is 1. The van der Waals surface area contributed by atoms with Crippen molar-refractivity contribution < 1.29 is 68.5 Å². The molecule has 0 bridgehead atoms. The second-order valence-corrected chi connectivity index (χ2v) is 10.2. The van der Waals surface area contributed by atoms with Crippen molar-refractivity contribution in [3.05, 3.63) is 50.2 Å². The summed E-state index contributed by atoms with van der Waals surface area (Å²) >= 11 is 55.8. The zero-order chi connectivity index (χ0) is 34.6. The molecule has 0 aliphatic rings. The molecule has 0 radical (unpaired) electrons. The third-order valence-electron chi connectivity index (χ3n) is 3.43. The third kappa shape index (κ3) is 12.4. The van der Waals surface area contributed by atoms with E-state index in [0.29, 0.717) is 0 Å². The quantitative estimate of drug-likeness (QED) is 0.0767. The molecule has 0 saturated carbocycles. The minimum Gasteiger partial charge on any atom is -0.505 e. The van der Waals surface area contributed by atoms with Crippen LogP contribution >= 0.6 is 116 Å². The topological polar surface area (TPSA) is 89.9 Å². The number of carbonyl (C=O) groups excluding carboxylic acids is 3. The maximum atomic E-state index is 12.0. The zero-order valence-corrected chi connectivity index (χ0v) is 26.2. The van der Waals surface area contributed by atoms with Gasteiger partial charge in [-0.15, -0.1) is 0 Å². The highest BCUT2D eigenvalue weighted by Crippen LogP contribution is 2.49. The van der Waals surface area contributed by atoms with Gasteiger partial charge in [-0.3, -0.25) is 0 Å². The molecule has 1 N–H and O–H groups in total. The molecule has 0 atom stereocenters. The molecule has 0 unspecified atom stereocenters. The van der Waals surface area contributed by atoms with E-state index >= 15 is 0 Å². The maximum absolute atomic E-state index is 12.0. The van der Waals surface area contributed by atoms with E-state index in [0.717, 1.165) is 0 Å². The first-order valence-electron chi connectivity index (χ1n) is 8.99. The van der Waals surface area contributed by atoms with E-state index in [1.807, 2.05) is 0 Å². The Labute approximate surface area is 288 Å². The van der Waals surface area contributed by atoms with Gasteiger partial charge >= 0.3 is 36.4 Å². The second kappa shape index (κ2) is 17.3. The Morgan fingerprint density at radius 3 is 0.932 bits per heavy atom. The van der Waals surface area contributed by atoms with Crippen LogP contribution in [0.4, 0.5) is 39.5 Å². The number of alkyl halides is 9. The minimum atomic E-state index is -5.62. The van der Waals surface area contributed by atoms with Crippen molar-refractivity contribution >= 4 is 134 Å². The molecule has 250 valence electrons. The molecule has 0 aliphatic carbocycles. The van der Waals surface area contributed by atoms with Crippen LogP contribution in [-0.4, -0.2) is 41.5 Å². The summed E-state index contributed by atoms with van der Waals surface area (Å²) in [6, 6.07) is 0. The lowest BCUT2D eigenvalue weighted by atomic mass is 10.3. The highest BCUT2D eigenvalue weighted by atomic mass is 35.5. The molecule has 2 aromatic carbocycles. The van der Waals surface area contributed by atoms with Crippen molar-refractivity contribution in [2.45, 2.75) is 26.0 Å². The first-order chi connectivity index (χ1) is 19.1. The highest BCUT2D eigenvalue weighted by molar-refractivity contribution is 6.56. The van der Waals surface area contributed by atoms with Gasteiger partial charge < -0.3 is 14.6 Å². The summed E-state index contributed by atoms with van der Waals surface area (Å²) in [4.78, 5) is 30.0. The van der Waals surface area contributed by atoms with E-state index in [9.17, 15) is 59.0 Å². The fourth-order valence-electron chi connectivity index (χ4n) is 1.62. The van der Waals surface area contributed by atoms with Gasteiger partial charge in [0.2, 0.25) is 0 Å². The number of ether oxygens (including phenoxy) is 2. The molecule has 0 aromatic heterocycles. The predicted molar refractivity (Wildman–Crippen MR) is 146 cm³/mol. The van der Waals surface area contributed by atoms with E-state index in [-0.39, 0.29) is 53.4 Å². The fourth-order valence-corrected chi connectivity index (χ4v) is 3.94. The molecule has 0 fully saturated rings. The van der Waals surface area contributed by atoms with Crippen molar-refractivity contribution in [3.8, 4) is 11.5 Å². The Kier molecular flexibility index (Phi) is 17.8. The van der Waals surface area contributed by atoms with Gasteiger partial charge in [0.1, 0.15) is 20.1 Å². The predicted octanol–water partition coefficient (Wildman–Crippen LogP) is 11.9. The van der Waals surface area contributed by atoms with Crippen molar-refractivity contribution in [3.63, 3.8) is 0 Å². The summed E-state index contributed by atoms with van der Waals surface area (Å²) in [5, 5.41) is 6.90. The largest absolute Gasteiger partial charge is 0.505 e. The van der Waals surface area contributed by atoms with Crippen molar-refractivity contribution in [2.75, 3.05) is 0 Å². The van der Waals surface area contributed by atoms with Crippen molar-refractivity contribution in [1.82, 2.24) is 0 Å². The number of rotatable bonds is 1. The zero-order valence-electron chi connectivity index (χ0n) is 18.7. The molecule has 6 nitrogen and oxygen atoms in total. The van der Waals surface area contributed by atoms with E-state index in [1.54, 1.807) is 0 Å². The maximum Gasteiger partial charge on any atom is 0.491 e. The number of hydrogen-bond acceptors (Lipinski definition) is 6. The van der Waals surface area contributed by atoms with E-state index in [4.69, 9.17) is 116 Å². The Morgan fingerprint density at radius 2 is 0.682 bits per heavy atom. The molecule has 0 amide bonds. The van der Waals surface area contributed by atoms with Crippen LogP contribution in [0.2, 0.25) is 50.2 Å². The number of aromatic hydroxyl groups is 1. The summed E-state index contributed by atoms with van der Waals surface area (Å²) in [5.74, 6) is -10.1. The lowest BCUT2D eigenvalue weighted by Crippen LogP contribution is -2.34. The number of phenols is 1. The van der Waals surface area contributed by atoms with Gasteiger partial charge in [0.15, 0.2) is 11.5 Å². The lowest BCUT2D eigenvalue weighted by molar-refractivity contribution is -0.221. The number of halogens is 19. The Balaban J connectivity index is 0. The molecule has 25 heteroatoms. The average Bonchev–Trinajstić information content (AvgIpc) is 2.88. The van der Waals surface area contributed by atoms with Gasteiger partial charge in [-0.25, -0.2) is 14.4 Å². The number of benzene rings is 2. The Morgan fingerprint density at radius 1 is 0.455 bits per heavy atom. The second-order valence-electron chi connectivity index (χ2n) is 6.38.